The third-order valence-electron chi connectivity index (χ3n) is 1.76. The van der Waals surface area contributed by atoms with Crippen molar-refractivity contribution >= 4 is 11.6 Å². The van der Waals surface area contributed by atoms with Crippen LogP contribution in [0.15, 0.2) is 24.3 Å². The Labute approximate surface area is 54.8 Å². The van der Waals surface area contributed by atoms with E-state index >= 15 is 0 Å². The number of rotatable bonds is 0. The van der Waals surface area contributed by atoms with Crippen molar-refractivity contribution in [2.75, 3.05) is 0 Å². The van der Waals surface area contributed by atoms with E-state index in [1.807, 2.05) is 0 Å². The van der Waals surface area contributed by atoms with E-state index in [-0.39, 0.29) is 0 Å². The van der Waals surface area contributed by atoms with Gasteiger partial charge in [-0.15, -0.1) is 0 Å². The number of allylic oxidation sites excluding steroid dienone is 1. The minimum Gasteiger partial charge on any atom is -0.0616 e. The molecule has 0 atom stereocenters. The lowest BCUT2D eigenvalue weighted by atomic mass is 9.90. The van der Waals surface area contributed by atoms with Crippen LogP contribution in [0.5, 0.6) is 0 Å². The van der Waals surface area contributed by atoms with Gasteiger partial charge < -0.3 is 0 Å². The van der Waals surface area contributed by atoms with Crippen molar-refractivity contribution in [2.45, 2.75) is 6.92 Å². The summed E-state index contributed by atoms with van der Waals surface area (Å²) in [6.07, 6.45) is 2.20. The number of hydrogen-bond donors (Lipinski definition) is 0. The summed E-state index contributed by atoms with van der Waals surface area (Å²) in [4.78, 5) is 0. The Morgan fingerprint density at radius 3 is 2.44 bits per heavy atom. The molecule has 0 nitrogen and oxygen atoms in total. The van der Waals surface area contributed by atoms with Crippen LogP contribution in [-0.4, -0.2) is 0 Å². The molecule has 0 radical (unpaired) electrons. The molecular formula is C9H8. The van der Waals surface area contributed by atoms with Crippen molar-refractivity contribution in [3.63, 3.8) is 0 Å². The minimum atomic E-state index is 1.38. The molecule has 0 unspecified atom stereocenters. The van der Waals surface area contributed by atoms with Crippen LogP contribution < -0.4 is 0 Å². The smallest absolute Gasteiger partial charge is 0.0154 e. The Hall–Kier alpha value is -1.04. The van der Waals surface area contributed by atoms with E-state index in [1.165, 1.54) is 16.7 Å². The van der Waals surface area contributed by atoms with E-state index in [0.717, 1.165) is 0 Å². The lowest BCUT2D eigenvalue weighted by Crippen LogP contribution is -1.93. The molecule has 0 heteroatoms. The fourth-order valence-corrected chi connectivity index (χ4v) is 1.22. The quantitative estimate of drug-likeness (QED) is 0.488. The first-order valence-electron chi connectivity index (χ1n) is 3.15. The summed E-state index contributed by atoms with van der Waals surface area (Å²) < 4.78 is 0. The topological polar surface area (TPSA) is 0 Å². The van der Waals surface area contributed by atoms with Gasteiger partial charge in [-0.3, -0.25) is 0 Å². The summed E-state index contributed by atoms with van der Waals surface area (Å²) in [6, 6.07) is 8.45. The maximum atomic E-state index is 2.20. The Morgan fingerprint density at radius 1 is 1.11 bits per heavy atom. The summed E-state index contributed by atoms with van der Waals surface area (Å²) in [6.45, 7) is 2.14. The van der Waals surface area contributed by atoms with E-state index in [2.05, 4.69) is 37.3 Å². The highest BCUT2D eigenvalue weighted by atomic mass is 14.1. The zero-order valence-corrected chi connectivity index (χ0v) is 5.39. The standard InChI is InChI=1S/C9H8/c1-7-6-8-4-2-3-5-9(7)8/h2-6H,1H3. The molecule has 1 aromatic rings. The van der Waals surface area contributed by atoms with Gasteiger partial charge in [0.1, 0.15) is 0 Å². The van der Waals surface area contributed by atoms with Crippen LogP contribution in [-0.2, 0) is 0 Å². The molecule has 0 fully saturated rings. The molecule has 0 amide bonds. The van der Waals surface area contributed by atoms with Gasteiger partial charge in [-0.25, -0.2) is 0 Å². The van der Waals surface area contributed by atoms with Gasteiger partial charge >= 0.3 is 0 Å². The largest absolute Gasteiger partial charge is 0.0616 e. The lowest BCUT2D eigenvalue weighted by Gasteiger charge is -2.14. The van der Waals surface area contributed by atoms with E-state index in [4.69, 9.17) is 0 Å². The highest BCUT2D eigenvalue weighted by molar-refractivity contribution is 5.94. The van der Waals surface area contributed by atoms with Gasteiger partial charge in [0.25, 0.3) is 0 Å². The average Bonchev–Trinajstić information content (AvgIpc) is 1.86. The van der Waals surface area contributed by atoms with Gasteiger partial charge in [0.2, 0.25) is 0 Å². The van der Waals surface area contributed by atoms with Crippen molar-refractivity contribution in [1.29, 1.82) is 0 Å². The van der Waals surface area contributed by atoms with Gasteiger partial charge in [0, 0.05) is 0 Å². The third-order valence-corrected chi connectivity index (χ3v) is 1.76. The first-order chi connectivity index (χ1) is 4.38. The molecule has 0 aromatic heterocycles. The average molecular weight is 116 g/mol. The molecule has 0 bridgehead atoms. The van der Waals surface area contributed by atoms with Gasteiger partial charge in [-0.1, -0.05) is 30.3 Å². The summed E-state index contributed by atoms with van der Waals surface area (Å²) in [5, 5.41) is 0. The summed E-state index contributed by atoms with van der Waals surface area (Å²) in [5.41, 5.74) is 4.21. The SMILES string of the molecule is CC1=Cc2ccccc21. The van der Waals surface area contributed by atoms with Crippen LogP contribution >= 0.6 is 0 Å². The summed E-state index contributed by atoms with van der Waals surface area (Å²) in [5.74, 6) is 0. The minimum absolute atomic E-state index is 1.38. The highest BCUT2D eigenvalue weighted by Crippen LogP contribution is 2.30. The van der Waals surface area contributed by atoms with Crippen LogP contribution in [0.4, 0.5) is 0 Å². The third kappa shape index (κ3) is 0.531. The maximum absolute atomic E-state index is 2.20. The number of fused-ring (bicyclic) bond motifs is 1. The second-order valence-electron chi connectivity index (χ2n) is 2.41. The molecule has 9 heavy (non-hydrogen) atoms. The second kappa shape index (κ2) is 1.47. The maximum Gasteiger partial charge on any atom is -0.0154 e. The number of hydrogen-bond acceptors (Lipinski definition) is 0. The molecule has 0 saturated carbocycles. The van der Waals surface area contributed by atoms with E-state index in [9.17, 15) is 0 Å². The molecule has 1 aromatic carbocycles. The van der Waals surface area contributed by atoms with Gasteiger partial charge in [-0.05, 0) is 23.6 Å². The molecule has 0 saturated heterocycles. The van der Waals surface area contributed by atoms with Crippen molar-refractivity contribution in [3.8, 4) is 0 Å². The zero-order chi connectivity index (χ0) is 6.27. The van der Waals surface area contributed by atoms with Crippen LogP contribution in [0, 0.1) is 0 Å². The van der Waals surface area contributed by atoms with Crippen LogP contribution in [0.25, 0.3) is 11.6 Å². The van der Waals surface area contributed by atoms with Crippen molar-refractivity contribution < 1.29 is 0 Å². The predicted octanol–water partition coefficient (Wildman–Crippen LogP) is 2.56. The fourth-order valence-electron chi connectivity index (χ4n) is 1.22. The molecule has 1 aliphatic rings. The van der Waals surface area contributed by atoms with Crippen molar-refractivity contribution in [2.24, 2.45) is 0 Å². The molecule has 0 heterocycles. The van der Waals surface area contributed by atoms with Gasteiger partial charge in [0.15, 0.2) is 0 Å². The van der Waals surface area contributed by atoms with Crippen LogP contribution in [0.1, 0.15) is 18.1 Å². The zero-order valence-electron chi connectivity index (χ0n) is 5.39. The number of benzene rings is 1. The fraction of sp³-hybridized carbons (Fsp3) is 0.111. The van der Waals surface area contributed by atoms with Gasteiger partial charge in [0.05, 0.1) is 0 Å². The highest BCUT2D eigenvalue weighted by Gasteiger charge is 2.08. The Bertz CT molecular complexity index is 269. The second-order valence-corrected chi connectivity index (χ2v) is 2.41. The molecule has 44 valence electrons. The van der Waals surface area contributed by atoms with Crippen molar-refractivity contribution in [1.82, 2.24) is 0 Å². The Balaban J connectivity index is 2.61. The molecule has 0 aliphatic heterocycles. The summed E-state index contributed by atoms with van der Waals surface area (Å²) >= 11 is 0. The Kier molecular flexibility index (Phi) is 0.786. The molecule has 2 rings (SSSR count). The van der Waals surface area contributed by atoms with Crippen molar-refractivity contribution in [3.05, 3.63) is 35.4 Å². The Morgan fingerprint density at radius 2 is 1.89 bits per heavy atom. The van der Waals surface area contributed by atoms with E-state index in [0.29, 0.717) is 0 Å². The molecule has 0 N–H and O–H groups in total. The predicted molar refractivity (Wildman–Crippen MR) is 40.0 cm³/mol. The van der Waals surface area contributed by atoms with Gasteiger partial charge in [-0.2, -0.15) is 0 Å². The van der Waals surface area contributed by atoms with E-state index < -0.39 is 0 Å². The summed E-state index contributed by atoms with van der Waals surface area (Å²) in [7, 11) is 0. The first kappa shape index (κ1) is 4.80. The lowest BCUT2D eigenvalue weighted by molar-refractivity contribution is 1.49. The van der Waals surface area contributed by atoms with Crippen LogP contribution in [0.2, 0.25) is 0 Å². The normalized spacial score (nSPS) is 13.7. The first-order valence-corrected chi connectivity index (χ1v) is 3.15. The molecular weight excluding hydrogens is 108 g/mol. The van der Waals surface area contributed by atoms with Crippen LogP contribution in [0.3, 0.4) is 0 Å². The molecule has 1 aliphatic carbocycles. The van der Waals surface area contributed by atoms with E-state index in [1.54, 1.807) is 0 Å². The molecule has 0 spiro atoms. The monoisotopic (exact) mass is 116 g/mol.